The van der Waals surface area contributed by atoms with Gasteiger partial charge >= 0.3 is 0 Å². The molecule has 6 nitrogen and oxygen atoms in total. The van der Waals surface area contributed by atoms with E-state index < -0.39 is 0 Å². The van der Waals surface area contributed by atoms with Crippen molar-refractivity contribution in [3.63, 3.8) is 0 Å². The minimum Gasteiger partial charge on any atom is -0.383 e. The highest BCUT2D eigenvalue weighted by Gasteiger charge is 2.11. The van der Waals surface area contributed by atoms with E-state index in [1.807, 2.05) is 6.07 Å². The quantitative estimate of drug-likeness (QED) is 0.703. The molecule has 114 valence electrons. The highest BCUT2D eigenvalue weighted by Crippen LogP contribution is 2.16. The molecule has 0 aromatic carbocycles. The van der Waals surface area contributed by atoms with Gasteiger partial charge in [0.2, 0.25) is 0 Å². The van der Waals surface area contributed by atoms with Crippen LogP contribution in [-0.4, -0.2) is 57.0 Å². The summed E-state index contributed by atoms with van der Waals surface area (Å²) in [6.07, 6.45) is 0.814. The number of ether oxygens (including phenoxy) is 2. The number of aromatic nitrogens is 2. The van der Waals surface area contributed by atoms with E-state index in [0.29, 0.717) is 13.2 Å². The van der Waals surface area contributed by atoms with Gasteiger partial charge in [-0.2, -0.15) is 0 Å². The van der Waals surface area contributed by atoms with Crippen LogP contribution in [0.25, 0.3) is 0 Å². The van der Waals surface area contributed by atoms with Gasteiger partial charge < -0.3 is 19.7 Å². The Hall–Kier alpha value is -1.40. The number of nitrogens with one attached hydrogen (secondary N) is 1. The standard InChI is InChI=1S/C14H26N4O2/c1-5-12-16-13(15-6-2)11-14(17-12)18(7-9-19-3)8-10-20-4/h11H,5-10H2,1-4H3,(H,15,16,17). The first kappa shape index (κ1) is 16.7. The number of methoxy groups -OCH3 is 2. The maximum atomic E-state index is 5.17. The molecule has 1 aromatic heterocycles. The SMILES string of the molecule is CCNc1cc(N(CCOC)CCOC)nc(CC)n1. The molecule has 0 bridgehead atoms. The molecule has 0 amide bonds. The molecule has 0 saturated heterocycles. The van der Waals surface area contributed by atoms with E-state index in [0.717, 1.165) is 43.5 Å². The third kappa shape index (κ3) is 5.30. The van der Waals surface area contributed by atoms with Gasteiger partial charge in [-0.25, -0.2) is 9.97 Å². The molecule has 20 heavy (non-hydrogen) atoms. The molecule has 0 unspecified atom stereocenters. The smallest absolute Gasteiger partial charge is 0.134 e. The number of nitrogens with zero attached hydrogens (tertiary/aromatic N) is 3. The third-order valence-electron chi connectivity index (χ3n) is 2.89. The van der Waals surface area contributed by atoms with Crippen molar-refractivity contribution in [2.75, 3.05) is 57.3 Å². The van der Waals surface area contributed by atoms with Crippen LogP contribution < -0.4 is 10.2 Å². The molecule has 6 heteroatoms. The van der Waals surface area contributed by atoms with Gasteiger partial charge in [0.05, 0.1) is 13.2 Å². The van der Waals surface area contributed by atoms with Crippen molar-refractivity contribution in [1.29, 1.82) is 0 Å². The Morgan fingerprint density at radius 1 is 1.10 bits per heavy atom. The fourth-order valence-electron chi connectivity index (χ4n) is 1.82. The van der Waals surface area contributed by atoms with Crippen LogP contribution in [0.15, 0.2) is 6.07 Å². The Balaban J connectivity index is 2.93. The molecule has 1 aromatic rings. The van der Waals surface area contributed by atoms with Crippen LogP contribution >= 0.6 is 0 Å². The molecule has 0 aliphatic heterocycles. The zero-order chi connectivity index (χ0) is 14.8. The van der Waals surface area contributed by atoms with Crippen molar-refractivity contribution in [3.8, 4) is 0 Å². The molecule has 0 fully saturated rings. The molecule has 0 spiro atoms. The summed E-state index contributed by atoms with van der Waals surface area (Å²) in [4.78, 5) is 11.2. The van der Waals surface area contributed by atoms with E-state index >= 15 is 0 Å². The van der Waals surface area contributed by atoms with Crippen LogP contribution in [0.5, 0.6) is 0 Å². The van der Waals surface area contributed by atoms with E-state index in [9.17, 15) is 0 Å². The predicted molar refractivity (Wildman–Crippen MR) is 81.5 cm³/mol. The Labute approximate surface area is 121 Å². The highest BCUT2D eigenvalue weighted by atomic mass is 16.5. The number of rotatable bonds is 10. The lowest BCUT2D eigenvalue weighted by molar-refractivity contribution is 0.190. The Kier molecular flexibility index (Phi) is 7.91. The van der Waals surface area contributed by atoms with Crippen LogP contribution in [-0.2, 0) is 15.9 Å². The Bertz CT molecular complexity index is 379. The number of anilines is 2. The minimum atomic E-state index is 0.658. The molecule has 0 saturated carbocycles. The van der Waals surface area contributed by atoms with E-state index in [1.165, 1.54) is 0 Å². The summed E-state index contributed by atoms with van der Waals surface area (Å²) in [5, 5.41) is 3.25. The summed E-state index contributed by atoms with van der Waals surface area (Å²) in [5.41, 5.74) is 0. The topological polar surface area (TPSA) is 59.5 Å². The van der Waals surface area contributed by atoms with Crippen LogP contribution in [0.2, 0.25) is 0 Å². The summed E-state index contributed by atoms with van der Waals surface area (Å²) < 4.78 is 10.3. The molecular formula is C14H26N4O2. The lowest BCUT2D eigenvalue weighted by Crippen LogP contribution is -2.31. The van der Waals surface area contributed by atoms with Gasteiger partial charge in [0.1, 0.15) is 17.5 Å². The lowest BCUT2D eigenvalue weighted by Gasteiger charge is -2.24. The zero-order valence-corrected chi connectivity index (χ0v) is 13.0. The second kappa shape index (κ2) is 9.50. The number of aryl methyl sites for hydroxylation is 1. The molecule has 0 aliphatic carbocycles. The predicted octanol–water partition coefficient (Wildman–Crippen LogP) is 1.57. The molecule has 1 heterocycles. The fourth-order valence-corrected chi connectivity index (χ4v) is 1.82. The van der Waals surface area contributed by atoms with Crippen molar-refractivity contribution >= 4 is 11.6 Å². The van der Waals surface area contributed by atoms with Crippen molar-refractivity contribution in [3.05, 3.63) is 11.9 Å². The zero-order valence-electron chi connectivity index (χ0n) is 13.0. The van der Waals surface area contributed by atoms with Gasteiger partial charge in [0, 0.05) is 46.3 Å². The summed E-state index contributed by atoms with van der Waals surface area (Å²) in [5.74, 6) is 2.63. The van der Waals surface area contributed by atoms with Crippen molar-refractivity contribution in [1.82, 2.24) is 9.97 Å². The lowest BCUT2D eigenvalue weighted by atomic mass is 10.3. The van der Waals surface area contributed by atoms with Crippen molar-refractivity contribution < 1.29 is 9.47 Å². The van der Waals surface area contributed by atoms with Gasteiger partial charge in [-0.1, -0.05) is 6.92 Å². The Morgan fingerprint density at radius 2 is 1.75 bits per heavy atom. The minimum absolute atomic E-state index is 0.658. The number of hydrogen-bond donors (Lipinski definition) is 1. The largest absolute Gasteiger partial charge is 0.383 e. The highest BCUT2D eigenvalue weighted by molar-refractivity contribution is 5.49. The maximum Gasteiger partial charge on any atom is 0.134 e. The summed E-state index contributed by atoms with van der Waals surface area (Å²) >= 11 is 0. The van der Waals surface area contributed by atoms with Gasteiger partial charge in [-0.05, 0) is 6.92 Å². The molecule has 0 atom stereocenters. The van der Waals surface area contributed by atoms with Crippen LogP contribution in [0.1, 0.15) is 19.7 Å². The van der Waals surface area contributed by atoms with Gasteiger partial charge in [-0.3, -0.25) is 0 Å². The molecule has 0 radical (unpaired) electrons. The average molecular weight is 282 g/mol. The van der Waals surface area contributed by atoms with Crippen LogP contribution in [0.3, 0.4) is 0 Å². The van der Waals surface area contributed by atoms with Crippen LogP contribution in [0.4, 0.5) is 11.6 Å². The fraction of sp³-hybridized carbons (Fsp3) is 0.714. The van der Waals surface area contributed by atoms with Crippen LogP contribution in [0, 0.1) is 0 Å². The molecular weight excluding hydrogens is 256 g/mol. The molecule has 0 aliphatic rings. The monoisotopic (exact) mass is 282 g/mol. The molecule has 1 rings (SSSR count). The van der Waals surface area contributed by atoms with Gasteiger partial charge in [-0.15, -0.1) is 0 Å². The van der Waals surface area contributed by atoms with E-state index in [-0.39, 0.29) is 0 Å². The van der Waals surface area contributed by atoms with E-state index in [1.54, 1.807) is 14.2 Å². The average Bonchev–Trinajstić information content (AvgIpc) is 2.47. The first-order valence-corrected chi connectivity index (χ1v) is 7.09. The van der Waals surface area contributed by atoms with Gasteiger partial charge in [0.25, 0.3) is 0 Å². The summed E-state index contributed by atoms with van der Waals surface area (Å²) in [7, 11) is 3.41. The molecule has 1 N–H and O–H groups in total. The summed E-state index contributed by atoms with van der Waals surface area (Å²) in [6.45, 7) is 7.84. The maximum absolute atomic E-state index is 5.17. The van der Waals surface area contributed by atoms with E-state index in [2.05, 4.69) is 34.0 Å². The Morgan fingerprint density at radius 3 is 2.25 bits per heavy atom. The first-order chi connectivity index (χ1) is 9.74. The second-order valence-corrected chi connectivity index (χ2v) is 4.38. The summed E-state index contributed by atoms with van der Waals surface area (Å²) in [6, 6.07) is 1.98. The normalized spacial score (nSPS) is 10.6. The van der Waals surface area contributed by atoms with Crippen molar-refractivity contribution in [2.45, 2.75) is 20.3 Å². The second-order valence-electron chi connectivity index (χ2n) is 4.38. The van der Waals surface area contributed by atoms with E-state index in [4.69, 9.17) is 9.47 Å². The number of hydrogen-bond acceptors (Lipinski definition) is 6. The van der Waals surface area contributed by atoms with Gasteiger partial charge in [0.15, 0.2) is 0 Å². The van der Waals surface area contributed by atoms with Crippen molar-refractivity contribution in [2.24, 2.45) is 0 Å². The third-order valence-corrected chi connectivity index (χ3v) is 2.89. The first-order valence-electron chi connectivity index (χ1n) is 7.09.